The van der Waals surface area contributed by atoms with E-state index in [1.54, 1.807) is 48.5 Å². The predicted octanol–water partition coefficient (Wildman–Crippen LogP) is 6.77. The van der Waals surface area contributed by atoms with Crippen molar-refractivity contribution >= 4 is 11.9 Å². The van der Waals surface area contributed by atoms with Gasteiger partial charge < -0.3 is 14.2 Å². The molecule has 0 N–H and O–H groups in total. The summed E-state index contributed by atoms with van der Waals surface area (Å²) in [6.07, 6.45) is 11.6. The lowest BCUT2D eigenvalue weighted by Crippen LogP contribution is -2.09. The molecule has 0 aliphatic rings. The highest BCUT2D eigenvalue weighted by atomic mass is 16.5. The third-order valence-corrected chi connectivity index (χ3v) is 4.99. The summed E-state index contributed by atoms with van der Waals surface area (Å²) >= 11 is 0. The first-order valence-electron chi connectivity index (χ1n) is 11.5. The van der Waals surface area contributed by atoms with E-state index in [1.807, 2.05) is 0 Å². The van der Waals surface area contributed by atoms with Crippen LogP contribution in [-0.4, -0.2) is 25.2 Å². The molecule has 0 aliphatic heterocycles. The van der Waals surface area contributed by atoms with E-state index >= 15 is 0 Å². The van der Waals surface area contributed by atoms with Crippen LogP contribution in [0, 0.1) is 0 Å². The van der Waals surface area contributed by atoms with Crippen LogP contribution in [0.3, 0.4) is 0 Å². The zero-order valence-corrected chi connectivity index (χ0v) is 19.0. The molecule has 172 valence electrons. The van der Waals surface area contributed by atoms with Gasteiger partial charge in [-0.2, -0.15) is 0 Å². The highest BCUT2D eigenvalue weighted by molar-refractivity contribution is 5.92. The van der Waals surface area contributed by atoms with E-state index in [1.165, 1.54) is 51.0 Å². The molecule has 0 spiro atoms. The molecule has 2 aromatic rings. The Labute approximate surface area is 191 Å². The summed E-state index contributed by atoms with van der Waals surface area (Å²) in [5.74, 6) is 0.170. The van der Waals surface area contributed by atoms with Crippen LogP contribution in [0.15, 0.2) is 61.2 Å². The maximum Gasteiger partial charge on any atom is 0.343 e. The van der Waals surface area contributed by atoms with Gasteiger partial charge in [0.05, 0.1) is 17.7 Å². The molecule has 2 rings (SSSR count). The van der Waals surface area contributed by atoms with Crippen molar-refractivity contribution in [3.63, 3.8) is 0 Å². The summed E-state index contributed by atoms with van der Waals surface area (Å²) in [7, 11) is 0. The molecule has 0 unspecified atom stereocenters. The summed E-state index contributed by atoms with van der Waals surface area (Å²) in [5.41, 5.74) is 0.809. The highest BCUT2D eigenvalue weighted by Gasteiger charge is 2.11. The van der Waals surface area contributed by atoms with Crippen molar-refractivity contribution < 1.29 is 23.8 Å². The van der Waals surface area contributed by atoms with Gasteiger partial charge in [0.25, 0.3) is 0 Å². The Morgan fingerprint density at radius 2 is 1.28 bits per heavy atom. The maximum absolute atomic E-state index is 12.3. The van der Waals surface area contributed by atoms with Crippen molar-refractivity contribution in [2.45, 2.75) is 58.3 Å². The SMILES string of the molecule is C=CCOC(=O)c1ccc(OC(=O)c2ccc(OCCCCCCCCCC)cc2)cc1. The van der Waals surface area contributed by atoms with Crippen molar-refractivity contribution in [2.75, 3.05) is 13.2 Å². The van der Waals surface area contributed by atoms with Crippen LogP contribution >= 0.6 is 0 Å². The first-order chi connectivity index (χ1) is 15.6. The minimum atomic E-state index is -0.471. The molecule has 2 aromatic carbocycles. The molecule has 0 amide bonds. The number of carbonyl (C=O) groups is 2. The van der Waals surface area contributed by atoms with Gasteiger partial charge in [0.15, 0.2) is 0 Å². The third-order valence-electron chi connectivity index (χ3n) is 4.99. The minimum Gasteiger partial charge on any atom is -0.494 e. The molecule has 5 nitrogen and oxygen atoms in total. The quantitative estimate of drug-likeness (QED) is 0.133. The van der Waals surface area contributed by atoms with Gasteiger partial charge >= 0.3 is 11.9 Å². The zero-order valence-electron chi connectivity index (χ0n) is 19.0. The van der Waals surface area contributed by atoms with Crippen LogP contribution < -0.4 is 9.47 Å². The van der Waals surface area contributed by atoms with E-state index < -0.39 is 11.9 Å². The van der Waals surface area contributed by atoms with Crippen LogP contribution in [0.5, 0.6) is 11.5 Å². The molecular formula is C27H34O5. The lowest BCUT2D eigenvalue weighted by atomic mass is 10.1. The summed E-state index contributed by atoms with van der Waals surface area (Å²) in [6, 6.07) is 13.2. The second-order valence-electron chi connectivity index (χ2n) is 7.65. The van der Waals surface area contributed by atoms with Crippen LogP contribution in [0.25, 0.3) is 0 Å². The van der Waals surface area contributed by atoms with E-state index in [4.69, 9.17) is 14.2 Å². The summed E-state index contributed by atoms with van der Waals surface area (Å²) < 4.78 is 16.1. The number of hydrogen-bond acceptors (Lipinski definition) is 5. The maximum atomic E-state index is 12.3. The number of benzene rings is 2. The van der Waals surface area contributed by atoms with Crippen molar-refractivity contribution in [2.24, 2.45) is 0 Å². The highest BCUT2D eigenvalue weighted by Crippen LogP contribution is 2.18. The van der Waals surface area contributed by atoms with Crippen LogP contribution in [0.4, 0.5) is 0 Å². The molecular weight excluding hydrogens is 404 g/mol. The standard InChI is InChI=1S/C27H34O5/c1-3-5-6-7-8-9-10-11-21-30-24-16-12-23(13-17-24)27(29)32-25-18-14-22(15-19-25)26(28)31-20-4-2/h4,12-19H,2-3,5-11,20-21H2,1H3. The zero-order chi connectivity index (χ0) is 23.0. The van der Waals surface area contributed by atoms with E-state index in [-0.39, 0.29) is 6.61 Å². The lowest BCUT2D eigenvalue weighted by molar-refractivity contribution is 0.0549. The van der Waals surface area contributed by atoms with E-state index in [0.29, 0.717) is 23.5 Å². The molecule has 32 heavy (non-hydrogen) atoms. The number of ether oxygens (including phenoxy) is 3. The van der Waals surface area contributed by atoms with E-state index in [9.17, 15) is 9.59 Å². The first kappa shape index (κ1) is 25.2. The van der Waals surface area contributed by atoms with Gasteiger partial charge in [-0.05, 0) is 55.0 Å². The van der Waals surface area contributed by atoms with Crippen LogP contribution in [-0.2, 0) is 4.74 Å². The fraction of sp³-hybridized carbons (Fsp3) is 0.407. The van der Waals surface area contributed by atoms with Crippen molar-refractivity contribution in [1.29, 1.82) is 0 Å². The molecule has 0 atom stereocenters. The second-order valence-corrected chi connectivity index (χ2v) is 7.65. The fourth-order valence-electron chi connectivity index (χ4n) is 3.16. The topological polar surface area (TPSA) is 61.8 Å². The molecule has 0 radical (unpaired) electrons. The van der Waals surface area contributed by atoms with Crippen LogP contribution in [0.1, 0.15) is 79.0 Å². The van der Waals surface area contributed by atoms with Gasteiger partial charge in [0, 0.05) is 0 Å². The number of carbonyl (C=O) groups excluding carboxylic acids is 2. The summed E-state index contributed by atoms with van der Waals surface area (Å²) in [4.78, 5) is 24.1. The molecule has 0 saturated heterocycles. The summed E-state index contributed by atoms with van der Waals surface area (Å²) in [5, 5.41) is 0. The minimum absolute atomic E-state index is 0.147. The van der Waals surface area contributed by atoms with Crippen molar-refractivity contribution in [3.8, 4) is 11.5 Å². The van der Waals surface area contributed by atoms with Crippen LogP contribution in [0.2, 0.25) is 0 Å². The van der Waals surface area contributed by atoms with Gasteiger partial charge in [-0.15, -0.1) is 0 Å². The molecule has 0 heterocycles. The van der Waals surface area contributed by atoms with E-state index in [0.717, 1.165) is 12.2 Å². The van der Waals surface area contributed by atoms with Gasteiger partial charge in [0.2, 0.25) is 0 Å². The largest absolute Gasteiger partial charge is 0.494 e. The number of hydrogen-bond donors (Lipinski definition) is 0. The average molecular weight is 439 g/mol. The van der Waals surface area contributed by atoms with Crippen molar-refractivity contribution in [3.05, 3.63) is 72.3 Å². The molecule has 0 aliphatic carbocycles. The Morgan fingerprint density at radius 1 is 0.750 bits per heavy atom. The van der Waals surface area contributed by atoms with Gasteiger partial charge in [-0.25, -0.2) is 9.59 Å². The Hall–Kier alpha value is -3.08. The Balaban J connectivity index is 1.70. The number of unbranched alkanes of at least 4 members (excludes halogenated alkanes) is 7. The van der Waals surface area contributed by atoms with Gasteiger partial charge in [-0.3, -0.25) is 0 Å². The number of esters is 2. The first-order valence-corrected chi connectivity index (χ1v) is 11.5. The Morgan fingerprint density at radius 3 is 1.88 bits per heavy atom. The normalized spacial score (nSPS) is 10.4. The third kappa shape index (κ3) is 9.38. The van der Waals surface area contributed by atoms with Gasteiger partial charge in [-0.1, -0.05) is 64.5 Å². The average Bonchev–Trinajstić information content (AvgIpc) is 2.82. The Bertz CT molecular complexity index is 824. The Kier molecular flexibility index (Phi) is 11.7. The molecule has 0 bridgehead atoms. The molecule has 5 heteroatoms. The predicted molar refractivity (Wildman–Crippen MR) is 126 cm³/mol. The smallest absolute Gasteiger partial charge is 0.343 e. The molecule has 0 saturated carbocycles. The van der Waals surface area contributed by atoms with Gasteiger partial charge in [0.1, 0.15) is 18.1 Å². The lowest BCUT2D eigenvalue weighted by Gasteiger charge is -2.08. The van der Waals surface area contributed by atoms with E-state index in [2.05, 4.69) is 13.5 Å². The molecule has 0 aromatic heterocycles. The molecule has 0 fully saturated rings. The monoisotopic (exact) mass is 438 g/mol. The fourth-order valence-corrected chi connectivity index (χ4v) is 3.16. The second kappa shape index (κ2) is 14.8. The number of rotatable bonds is 15. The van der Waals surface area contributed by atoms with Crippen molar-refractivity contribution in [1.82, 2.24) is 0 Å². The summed E-state index contributed by atoms with van der Waals surface area (Å²) in [6.45, 7) is 6.56.